The number of nitrogens with two attached hydrogens (primary N) is 1. The average Bonchev–Trinajstić information content (AvgIpc) is 2.72. The zero-order valence-corrected chi connectivity index (χ0v) is 13.6. The van der Waals surface area contributed by atoms with Gasteiger partial charge in [0.2, 0.25) is 0 Å². The Morgan fingerprint density at radius 3 is 2.57 bits per heavy atom. The topological polar surface area (TPSA) is 72.6 Å². The molecule has 0 atom stereocenters. The van der Waals surface area contributed by atoms with E-state index in [1.54, 1.807) is 6.92 Å². The maximum atomic E-state index is 12.2. The molecule has 2 rings (SSSR count). The van der Waals surface area contributed by atoms with Crippen LogP contribution in [0.5, 0.6) is 0 Å². The molecule has 0 amide bonds. The minimum absolute atomic E-state index is 0.119. The number of ketones is 1. The smallest absolute Gasteiger partial charge is 0.343 e. The highest BCUT2D eigenvalue weighted by Crippen LogP contribution is 2.40. The van der Waals surface area contributed by atoms with Gasteiger partial charge in [0, 0.05) is 20.5 Å². The molecule has 0 radical (unpaired) electrons. The standard InChI is InChI=1S/C15H22N2O3S/c1-4-20-15(19)11-12(16)13(9(2)18)21-14(11)17(3)8-10-6-5-7-10/h10H,4-8,16H2,1-3H3. The van der Waals surface area contributed by atoms with E-state index < -0.39 is 5.97 Å². The number of carbonyl (C=O) groups excluding carboxylic acids is 2. The highest BCUT2D eigenvalue weighted by molar-refractivity contribution is 7.19. The maximum Gasteiger partial charge on any atom is 0.343 e. The molecule has 0 aromatic carbocycles. The number of nitrogens with zero attached hydrogens (tertiary/aromatic N) is 1. The summed E-state index contributed by atoms with van der Waals surface area (Å²) in [6.45, 7) is 4.38. The van der Waals surface area contributed by atoms with E-state index >= 15 is 0 Å². The summed E-state index contributed by atoms with van der Waals surface area (Å²) in [5.74, 6) is 0.0923. The molecule has 1 aliphatic carbocycles. The van der Waals surface area contributed by atoms with Crippen molar-refractivity contribution >= 4 is 33.8 Å². The molecular formula is C15H22N2O3S. The molecule has 1 aromatic heterocycles. The third kappa shape index (κ3) is 3.20. The third-order valence-electron chi connectivity index (χ3n) is 3.83. The van der Waals surface area contributed by atoms with Gasteiger partial charge < -0.3 is 15.4 Å². The van der Waals surface area contributed by atoms with Crippen molar-refractivity contribution in [2.45, 2.75) is 33.1 Å². The predicted octanol–water partition coefficient (Wildman–Crippen LogP) is 2.95. The van der Waals surface area contributed by atoms with Gasteiger partial charge in [-0.05, 0) is 25.7 Å². The number of anilines is 2. The Bertz CT molecular complexity index is 549. The fourth-order valence-electron chi connectivity index (χ4n) is 2.51. The summed E-state index contributed by atoms with van der Waals surface area (Å²) < 4.78 is 5.09. The number of carbonyl (C=O) groups is 2. The Kier molecular flexibility index (Phi) is 4.88. The highest BCUT2D eigenvalue weighted by Gasteiger charge is 2.28. The molecule has 1 aromatic rings. The summed E-state index contributed by atoms with van der Waals surface area (Å²) in [7, 11) is 1.94. The summed E-state index contributed by atoms with van der Waals surface area (Å²) >= 11 is 1.28. The van der Waals surface area contributed by atoms with Crippen LogP contribution in [0.2, 0.25) is 0 Å². The number of Topliss-reactive ketones (excluding diaryl/α,β-unsaturated/α-hetero) is 1. The zero-order chi connectivity index (χ0) is 15.6. The van der Waals surface area contributed by atoms with E-state index in [9.17, 15) is 9.59 Å². The van der Waals surface area contributed by atoms with Crippen molar-refractivity contribution in [1.29, 1.82) is 0 Å². The molecular weight excluding hydrogens is 288 g/mol. The molecule has 6 heteroatoms. The van der Waals surface area contributed by atoms with Crippen LogP contribution in [0.3, 0.4) is 0 Å². The largest absolute Gasteiger partial charge is 0.462 e. The van der Waals surface area contributed by atoms with Crippen LogP contribution in [0, 0.1) is 5.92 Å². The van der Waals surface area contributed by atoms with E-state index in [0.29, 0.717) is 16.4 Å². The van der Waals surface area contributed by atoms with E-state index in [2.05, 4.69) is 0 Å². The van der Waals surface area contributed by atoms with Crippen LogP contribution in [0.15, 0.2) is 0 Å². The van der Waals surface area contributed by atoms with Crippen molar-refractivity contribution in [3.8, 4) is 0 Å². The second-order valence-electron chi connectivity index (χ2n) is 5.48. The lowest BCUT2D eigenvalue weighted by Gasteiger charge is -2.30. The van der Waals surface area contributed by atoms with Crippen molar-refractivity contribution < 1.29 is 14.3 Å². The highest BCUT2D eigenvalue weighted by atomic mass is 32.1. The summed E-state index contributed by atoms with van der Waals surface area (Å²) in [6.07, 6.45) is 3.72. The van der Waals surface area contributed by atoms with E-state index in [1.807, 2.05) is 11.9 Å². The Morgan fingerprint density at radius 1 is 1.43 bits per heavy atom. The van der Waals surface area contributed by atoms with Crippen molar-refractivity contribution in [2.24, 2.45) is 5.92 Å². The van der Waals surface area contributed by atoms with Gasteiger partial charge >= 0.3 is 5.97 Å². The number of nitrogen functional groups attached to an aromatic ring is 1. The van der Waals surface area contributed by atoms with Gasteiger partial charge in [-0.15, -0.1) is 11.3 Å². The number of ether oxygens (including phenoxy) is 1. The minimum atomic E-state index is -0.450. The predicted molar refractivity (Wildman–Crippen MR) is 85.3 cm³/mol. The molecule has 1 fully saturated rings. The molecule has 0 saturated heterocycles. The molecule has 2 N–H and O–H groups in total. The first-order valence-electron chi connectivity index (χ1n) is 7.27. The van der Waals surface area contributed by atoms with Gasteiger partial charge in [-0.2, -0.15) is 0 Å². The fourth-order valence-corrected chi connectivity index (χ4v) is 3.58. The maximum absolute atomic E-state index is 12.2. The Hall–Kier alpha value is -1.56. The monoisotopic (exact) mass is 310 g/mol. The summed E-state index contributed by atoms with van der Waals surface area (Å²) in [5.41, 5.74) is 6.61. The number of hydrogen-bond acceptors (Lipinski definition) is 6. The second kappa shape index (κ2) is 6.47. The lowest BCUT2D eigenvalue weighted by molar-refractivity contribution is 0.0529. The number of rotatable bonds is 6. The van der Waals surface area contributed by atoms with Crippen LogP contribution in [-0.4, -0.2) is 32.0 Å². The summed E-state index contributed by atoms with van der Waals surface area (Å²) in [4.78, 5) is 26.3. The van der Waals surface area contributed by atoms with Crippen molar-refractivity contribution in [3.63, 3.8) is 0 Å². The molecule has 0 unspecified atom stereocenters. The molecule has 0 bridgehead atoms. The van der Waals surface area contributed by atoms with Crippen LogP contribution in [0.4, 0.5) is 10.7 Å². The van der Waals surface area contributed by atoms with Crippen LogP contribution < -0.4 is 10.6 Å². The van der Waals surface area contributed by atoms with Gasteiger partial charge in [-0.3, -0.25) is 4.79 Å². The van der Waals surface area contributed by atoms with E-state index in [-0.39, 0.29) is 18.1 Å². The first kappa shape index (κ1) is 15.8. The molecule has 1 aliphatic rings. The van der Waals surface area contributed by atoms with Crippen LogP contribution >= 0.6 is 11.3 Å². The molecule has 0 spiro atoms. The molecule has 1 heterocycles. The van der Waals surface area contributed by atoms with Gasteiger partial charge in [0.15, 0.2) is 5.78 Å². The van der Waals surface area contributed by atoms with Gasteiger partial charge in [0.05, 0.1) is 17.2 Å². The van der Waals surface area contributed by atoms with E-state index in [0.717, 1.165) is 11.5 Å². The van der Waals surface area contributed by atoms with Gasteiger partial charge in [-0.1, -0.05) is 6.42 Å². The lowest BCUT2D eigenvalue weighted by Crippen LogP contribution is -2.29. The van der Waals surface area contributed by atoms with Gasteiger partial charge in [0.25, 0.3) is 0 Å². The number of esters is 1. The van der Waals surface area contributed by atoms with E-state index in [4.69, 9.17) is 10.5 Å². The van der Waals surface area contributed by atoms with Gasteiger partial charge in [0.1, 0.15) is 10.6 Å². The van der Waals surface area contributed by atoms with Crippen molar-refractivity contribution in [2.75, 3.05) is 30.8 Å². The second-order valence-corrected chi connectivity index (χ2v) is 6.48. The zero-order valence-electron chi connectivity index (χ0n) is 12.8. The Morgan fingerprint density at radius 2 is 2.10 bits per heavy atom. The average molecular weight is 310 g/mol. The summed E-state index contributed by atoms with van der Waals surface area (Å²) in [6, 6.07) is 0. The first-order chi connectivity index (χ1) is 9.95. The Balaban J connectivity index is 2.34. The quantitative estimate of drug-likeness (QED) is 0.646. The summed E-state index contributed by atoms with van der Waals surface area (Å²) in [5, 5.41) is 0.739. The number of thiophene rings is 1. The Labute approximate surface area is 129 Å². The first-order valence-corrected chi connectivity index (χ1v) is 8.08. The van der Waals surface area contributed by atoms with Gasteiger partial charge in [-0.25, -0.2) is 4.79 Å². The van der Waals surface area contributed by atoms with Crippen molar-refractivity contribution in [3.05, 3.63) is 10.4 Å². The molecule has 21 heavy (non-hydrogen) atoms. The van der Waals surface area contributed by atoms with E-state index in [1.165, 1.54) is 37.5 Å². The third-order valence-corrected chi connectivity index (χ3v) is 5.25. The normalized spacial score (nSPS) is 14.6. The number of hydrogen-bond donors (Lipinski definition) is 1. The SMILES string of the molecule is CCOC(=O)c1c(N(C)CC2CCC2)sc(C(C)=O)c1N. The minimum Gasteiger partial charge on any atom is -0.462 e. The molecule has 0 aliphatic heterocycles. The van der Waals surface area contributed by atoms with Crippen LogP contribution in [0.1, 0.15) is 53.1 Å². The fraction of sp³-hybridized carbons (Fsp3) is 0.600. The van der Waals surface area contributed by atoms with Crippen molar-refractivity contribution in [1.82, 2.24) is 0 Å². The molecule has 1 saturated carbocycles. The van der Waals surface area contributed by atoms with Crippen LogP contribution in [0.25, 0.3) is 0 Å². The molecule has 5 nitrogen and oxygen atoms in total. The lowest BCUT2D eigenvalue weighted by atomic mass is 9.85. The molecule has 116 valence electrons. The van der Waals surface area contributed by atoms with Crippen LogP contribution in [-0.2, 0) is 4.74 Å².